The van der Waals surface area contributed by atoms with Gasteiger partial charge in [-0.15, -0.1) is 5.06 Å². The van der Waals surface area contributed by atoms with E-state index in [1.54, 1.807) is 0 Å². The number of rotatable bonds is 7. The largest absolute Gasteiger partial charge is 0.450 e. The van der Waals surface area contributed by atoms with Gasteiger partial charge in [-0.1, -0.05) is 6.42 Å². The van der Waals surface area contributed by atoms with Crippen LogP contribution in [0.25, 0.3) is 0 Å². The number of imide groups is 1. The molecule has 0 aromatic heterocycles. The number of unbranched alkanes of at least 4 members (excludes halogenated alkanes) is 1. The first kappa shape index (κ1) is 18.1. The second kappa shape index (κ2) is 7.34. The average molecular weight is 324 g/mol. The summed E-state index contributed by atoms with van der Waals surface area (Å²) in [4.78, 5) is 50.0. The van der Waals surface area contributed by atoms with Crippen LogP contribution in [0.4, 0.5) is 13.2 Å². The van der Waals surface area contributed by atoms with Crippen LogP contribution in [-0.4, -0.2) is 41.4 Å². The fraction of sp³-hybridized carbons (Fsp3) is 0.667. The number of hydrogen-bond donors (Lipinski definition) is 1. The smallest absolute Gasteiger partial charge is 0.330 e. The maximum Gasteiger partial charge on any atom is 0.450 e. The third-order valence-electron chi connectivity index (χ3n) is 3.01. The maximum atomic E-state index is 12.5. The first-order valence-corrected chi connectivity index (χ1v) is 6.57. The van der Waals surface area contributed by atoms with Crippen molar-refractivity contribution >= 4 is 23.6 Å². The molecule has 2 amide bonds. The molecule has 0 aliphatic carbocycles. The topological polar surface area (TPSA) is 107 Å². The fourth-order valence-corrected chi connectivity index (χ4v) is 1.86. The van der Waals surface area contributed by atoms with Crippen molar-refractivity contribution in [1.82, 2.24) is 5.06 Å². The molecule has 1 atom stereocenters. The van der Waals surface area contributed by atoms with E-state index in [1.807, 2.05) is 0 Å². The summed E-state index contributed by atoms with van der Waals surface area (Å²) in [6, 6.07) is 0. The molecule has 1 saturated heterocycles. The first-order chi connectivity index (χ1) is 10.2. The molecule has 10 heteroatoms. The summed E-state index contributed by atoms with van der Waals surface area (Å²) >= 11 is 0. The van der Waals surface area contributed by atoms with Crippen LogP contribution in [-0.2, 0) is 24.0 Å². The normalized spacial score (nSPS) is 16.8. The number of carbonyl (C=O) groups excluding carboxylic acids is 4. The number of nitrogens with two attached hydrogens (primary N) is 1. The van der Waals surface area contributed by atoms with Gasteiger partial charge in [0, 0.05) is 12.8 Å². The van der Waals surface area contributed by atoms with Gasteiger partial charge in [0.25, 0.3) is 17.6 Å². The van der Waals surface area contributed by atoms with Crippen molar-refractivity contribution in [3.8, 4) is 0 Å². The van der Waals surface area contributed by atoms with Gasteiger partial charge < -0.3 is 10.6 Å². The molecule has 0 radical (unpaired) electrons. The lowest BCUT2D eigenvalue weighted by Gasteiger charge is -2.19. The number of hydroxylamine groups is 2. The van der Waals surface area contributed by atoms with Gasteiger partial charge >= 0.3 is 12.1 Å². The second-order valence-corrected chi connectivity index (χ2v) is 4.69. The number of nitrogens with zero attached hydrogens (tertiary/aromatic N) is 1. The molecule has 1 fully saturated rings. The molecule has 0 spiro atoms. The SMILES string of the molecule is NCCCCC(C(=O)ON1C(=O)CCC1=O)C(=O)C(F)(F)F. The van der Waals surface area contributed by atoms with E-state index in [-0.39, 0.29) is 30.9 Å². The number of ketones is 1. The first-order valence-electron chi connectivity index (χ1n) is 6.57. The monoisotopic (exact) mass is 324 g/mol. The Hall–Kier alpha value is -1.97. The van der Waals surface area contributed by atoms with E-state index >= 15 is 0 Å². The molecule has 2 N–H and O–H groups in total. The molecule has 1 heterocycles. The van der Waals surface area contributed by atoms with Crippen LogP contribution in [0, 0.1) is 5.92 Å². The van der Waals surface area contributed by atoms with Gasteiger partial charge in [-0.25, -0.2) is 4.79 Å². The predicted octanol–water partition coefficient (Wildman–Crippen LogP) is 0.470. The summed E-state index contributed by atoms with van der Waals surface area (Å²) in [7, 11) is 0. The molecule has 1 aliphatic rings. The Balaban J connectivity index is 2.80. The molecule has 0 saturated carbocycles. The zero-order valence-corrected chi connectivity index (χ0v) is 11.5. The quantitative estimate of drug-likeness (QED) is 0.414. The zero-order chi connectivity index (χ0) is 16.9. The summed E-state index contributed by atoms with van der Waals surface area (Å²) in [6.45, 7) is 0.186. The van der Waals surface area contributed by atoms with E-state index in [0.29, 0.717) is 6.42 Å². The van der Waals surface area contributed by atoms with Crippen molar-refractivity contribution in [1.29, 1.82) is 0 Å². The highest BCUT2D eigenvalue weighted by molar-refractivity contribution is 6.05. The van der Waals surface area contributed by atoms with Crippen LogP contribution in [0.5, 0.6) is 0 Å². The Morgan fingerprint density at radius 1 is 1.18 bits per heavy atom. The van der Waals surface area contributed by atoms with Crippen molar-refractivity contribution in [3.05, 3.63) is 0 Å². The minimum absolute atomic E-state index is 0.0972. The van der Waals surface area contributed by atoms with Crippen molar-refractivity contribution in [2.45, 2.75) is 38.3 Å². The van der Waals surface area contributed by atoms with Crippen LogP contribution in [0.3, 0.4) is 0 Å². The fourth-order valence-electron chi connectivity index (χ4n) is 1.86. The molecule has 0 aromatic carbocycles. The summed E-state index contributed by atoms with van der Waals surface area (Å²) < 4.78 is 37.5. The van der Waals surface area contributed by atoms with Crippen molar-refractivity contribution in [2.24, 2.45) is 11.7 Å². The van der Waals surface area contributed by atoms with Gasteiger partial charge in [-0.05, 0) is 19.4 Å². The van der Waals surface area contributed by atoms with Gasteiger partial charge in [0.05, 0.1) is 0 Å². The van der Waals surface area contributed by atoms with E-state index in [4.69, 9.17) is 5.73 Å². The molecule has 22 heavy (non-hydrogen) atoms. The van der Waals surface area contributed by atoms with Gasteiger partial charge in [-0.3, -0.25) is 14.4 Å². The Bertz CT molecular complexity index is 462. The molecule has 1 aliphatic heterocycles. The average Bonchev–Trinajstić information content (AvgIpc) is 2.73. The van der Waals surface area contributed by atoms with Crippen LogP contribution in [0.2, 0.25) is 0 Å². The number of alkyl halides is 3. The van der Waals surface area contributed by atoms with Crippen LogP contribution < -0.4 is 5.73 Å². The standard InChI is InChI=1S/C12H15F3N2O5/c13-12(14,15)10(20)7(3-1-2-6-16)11(21)22-17-8(18)4-5-9(17)19/h7H,1-6,16H2. The Morgan fingerprint density at radius 2 is 1.73 bits per heavy atom. The van der Waals surface area contributed by atoms with Gasteiger partial charge in [0.1, 0.15) is 5.92 Å². The molecule has 124 valence electrons. The van der Waals surface area contributed by atoms with Crippen LogP contribution >= 0.6 is 0 Å². The van der Waals surface area contributed by atoms with Gasteiger partial charge in [0.15, 0.2) is 0 Å². The van der Waals surface area contributed by atoms with E-state index in [2.05, 4.69) is 4.84 Å². The lowest BCUT2D eigenvalue weighted by Crippen LogP contribution is -2.41. The van der Waals surface area contributed by atoms with Crippen LogP contribution in [0.1, 0.15) is 32.1 Å². The summed E-state index contributed by atoms with van der Waals surface area (Å²) in [6.07, 6.45) is -5.62. The molecule has 7 nitrogen and oxygen atoms in total. The Labute approximate surface area is 123 Å². The summed E-state index contributed by atoms with van der Waals surface area (Å²) in [5, 5.41) is 0.113. The summed E-state index contributed by atoms with van der Waals surface area (Å²) in [5.74, 6) is -7.62. The predicted molar refractivity (Wildman–Crippen MR) is 64.6 cm³/mol. The molecule has 0 bridgehead atoms. The molecule has 0 aromatic rings. The number of hydrogen-bond acceptors (Lipinski definition) is 6. The third-order valence-corrected chi connectivity index (χ3v) is 3.01. The number of carbonyl (C=O) groups is 4. The van der Waals surface area contributed by atoms with E-state index in [0.717, 1.165) is 0 Å². The minimum Gasteiger partial charge on any atom is -0.330 e. The van der Waals surface area contributed by atoms with Gasteiger partial charge in [-0.2, -0.15) is 13.2 Å². The highest BCUT2D eigenvalue weighted by Crippen LogP contribution is 2.26. The molecular weight excluding hydrogens is 309 g/mol. The second-order valence-electron chi connectivity index (χ2n) is 4.69. The minimum atomic E-state index is -5.22. The van der Waals surface area contributed by atoms with Crippen molar-refractivity contribution in [3.63, 3.8) is 0 Å². The molecule has 1 unspecified atom stereocenters. The Kier molecular flexibility index (Phi) is 6.03. The van der Waals surface area contributed by atoms with Crippen molar-refractivity contribution in [2.75, 3.05) is 6.54 Å². The number of halogens is 3. The van der Waals surface area contributed by atoms with E-state index < -0.39 is 42.1 Å². The lowest BCUT2D eigenvalue weighted by molar-refractivity contribution is -0.205. The highest BCUT2D eigenvalue weighted by atomic mass is 19.4. The zero-order valence-electron chi connectivity index (χ0n) is 11.5. The number of amides is 2. The highest BCUT2D eigenvalue weighted by Gasteiger charge is 2.48. The maximum absolute atomic E-state index is 12.5. The number of Topliss-reactive ketones (excluding diaryl/α,β-unsaturated/α-hetero) is 1. The Morgan fingerprint density at radius 3 is 2.18 bits per heavy atom. The van der Waals surface area contributed by atoms with Gasteiger partial charge in [0.2, 0.25) is 0 Å². The molecule has 1 rings (SSSR count). The van der Waals surface area contributed by atoms with E-state index in [1.165, 1.54) is 0 Å². The van der Waals surface area contributed by atoms with Crippen LogP contribution in [0.15, 0.2) is 0 Å². The lowest BCUT2D eigenvalue weighted by atomic mass is 9.97. The third kappa shape index (κ3) is 4.52. The van der Waals surface area contributed by atoms with Crippen molar-refractivity contribution < 1.29 is 37.2 Å². The molecular formula is C12H15F3N2O5. The summed E-state index contributed by atoms with van der Waals surface area (Å²) in [5.41, 5.74) is 5.20. The van der Waals surface area contributed by atoms with E-state index in [9.17, 15) is 32.3 Å².